The molecule has 8 heteroatoms. The summed E-state index contributed by atoms with van der Waals surface area (Å²) in [6, 6.07) is 16.5. The van der Waals surface area contributed by atoms with E-state index in [-0.39, 0.29) is 17.1 Å². The number of aromatic nitrogens is 1. The van der Waals surface area contributed by atoms with Gasteiger partial charge in [-0.3, -0.25) is 0 Å². The summed E-state index contributed by atoms with van der Waals surface area (Å²) >= 11 is 0. The number of carbonyl (C=O) groups excluding carboxylic acids is 2. The predicted octanol–water partition coefficient (Wildman–Crippen LogP) is 5.59. The maximum absolute atomic E-state index is 12.7. The van der Waals surface area contributed by atoms with Crippen molar-refractivity contribution in [2.75, 3.05) is 25.6 Å². The van der Waals surface area contributed by atoms with E-state index in [1.165, 1.54) is 24.3 Å². The molecule has 1 N–H and O–H groups in total. The van der Waals surface area contributed by atoms with E-state index in [1.807, 2.05) is 48.1 Å². The standard InChI is InChI=1S/C32H34N2O6/c1-7-30(40-32(37)25-8-12-28(35)13-9-25)23(3)22(2)24(4)39-31(36)26-10-14-29(15-11-26)38-21-20-34-18-16-27(17-19-34)33(5)6/h7-19H,4,20-21H2,1-3,5-6H3/p+1/b23-22-,30-7+. The number of esters is 2. The molecule has 0 spiro atoms. The zero-order valence-electron chi connectivity index (χ0n) is 23.5. The number of pyridine rings is 1. The minimum atomic E-state index is -0.578. The Bertz CT molecular complexity index is 1400. The van der Waals surface area contributed by atoms with Crippen LogP contribution in [0, 0.1) is 0 Å². The van der Waals surface area contributed by atoms with E-state index in [0.29, 0.717) is 41.4 Å². The van der Waals surface area contributed by atoms with Crippen LogP contribution >= 0.6 is 0 Å². The van der Waals surface area contributed by atoms with Crippen molar-refractivity contribution in [3.8, 4) is 11.5 Å². The Morgan fingerprint density at radius 1 is 0.875 bits per heavy atom. The average Bonchev–Trinajstić information content (AvgIpc) is 2.95. The van der Waals surface area contributed by atoms with Crippen molar-refractivity contribution in [1.29, 1.82) is 0 Å². The van der Waals surface area contributed by atoms with E-state index in [4.69, 9.17) is 14.2 Å². The number of ether oxygens (including phenoxy) is 3. The molecule has 0 bridgehead atoms. The molecule has 3 aromatic rings. The Morgan fingerprint density at radius 2 is 1.43 bits per heavy atom. The van der Waals surface area contributed by atoms with Crippen LogP contribution < -0.4 is 14.2 Å². The van der Waals surface area contributed by atoms with Crippen LogP contribution in [0.2, 0.25) is 0 Å². The maximum atomic E-state index is 12.7. The molecule has 0 fully saturated rings. The molecule has 0 unspecified atom stereocenters. The molecule has 0 amide bonds. The Kier molecular flexibility index (Phi) is 10.2. The lowest BCUT2D eigenvalue weighted by molar-refractivity contribution is -0.697. The third-order valence-corrected chi connectivity index (χ3v) is 6.23. The first-order valence-electron chi connectivity index (χ1n) is 12.7. The lowest BCUT2D eigenvalue weighted by Crippen LogP contribution is -2.35. The van der Waals surface area contributed by atoms with Crippen LogP contribution in [-0.2, 0) is 16.0 Å². The van der Waals surface area contributed by atoms with Gasteiger partial charge in [0.1, 0.15) is 29.6 Å². The van der Waals surface area contributed by atoms with Crippen LogP contribution in [-0.4, -0.2) is 37.7 Å². The fourth-order valence-electron chi connectivity index (χ4n) is 3.60. The maximum Gasteiger partial charge on any atom is 0.343 e. The molecule has 208 valence electrons. The van der Waals surface area contributed by atoms with Crippen molar-refractivity contribution in [2.45, 2.75) is 27.3 Å². The highest BCUT2D eigenvalue weighted by Gasteiger charge is 2.17. The summed E-state index contributed by atoms with van der Waals surface area (Å²) in [5.41, 5.74) is 2.90. The number of phenolic OH excluding ortho intramolecular Hbond substituents is 1. The molecule has 0 saturated carbocycles. The number of hydrogen-bond donors (Lipinski definition) is 1. The van der Waals surface area contributed by atoms with Crippen molar-refractivity contribution in [3.63, 3.8) is 0 Å². The van der Waals surface area contributed by atoms with E-state index >= 15 is 0 Å². The molecule has 8 nitrogen and oxygen atoms in total. The number of aromatic hydroxyl groups is 1. The van der Waals surface area contributed by atoms with Crippen molar-refractivity contribution < 1.29 is 33.5 Å². The molecule has 0 saturated heterocycles. The molecule has 1 heterocycles. The highest BCUT2D eigenvalue weighted by atomic mass is 16.5. The third kappa shape index (κ3) is 8.07. The van der Waals surface area contributed by atoms with Crippen LogP contribution in [0.4, 0.5) is 5.69 Å². The largest absolute Gasteiger partial charge is 0.508 e. The van der Waals surface area contributed by atoms with E-state index in [9.17, 15) is 14.7 Å². The molecule has 0 radical (unpaired) electrons. The van der Waals surface area contributed by atoms with E-state index in [0.717, 1.165) is 5.69 Å². The van der Waals surface area contributed by atoms with Crippen LogP contribution in [0.15, 0.2) is 108 Å². The van der Waals surface area contributed by atoms with Crippen LogP contribution in [0.5, 0.6) is 11.5 Å². The minimum absolute atomic E-state index is 0.0519. The predicted molar refractivity (Wildman–Crippen MR) is 153 cm³/mol. The summed E-state index contributed by atoms with van der Waals surface area (Å²) in [7, 11) is 4.00. The molecule has 2 aromatic carbocycles. The van der Waals surface area contributed by atoms with Crippen LogP contribution in [0.25, 0.3) is 0 Å². The number of phenols is 1. The van der Waals surface area contributed by atoms with Gasteiger partial charge in [-0.25, -0.2) is 14.2 Å². The molecule has 0 aliphatic heterocycles. The summed E-state index contributed by atoms with van der Waals surface area (Å²) < 4.78 is 18.9. The molecule has 0 aliphatic rings. The van der Waals surface area contributed by atoms with Gasteiger partial charge < -0.3 is 24.2 Å². The van der Waals surface area contributed by atoms with Gasteiger partial charge in [0, 0.05) is 31.9 Å². The van der Waals surface area contributed by atoms with Crippen molar-refractivity contribution in [1.82, 2.24) is 0 Å². The van der Waals surface area contributed by atoms with Crippen molar-refractivity contribution in [3.05, 3.63) is 120 Å². The minimum Gasteiger partial charge on any atom is -0.508 e. The van der Waals surface area contributed by atoms with Gasteiger partial charge in [-0.2, -0.15) is 0 Å². The molecular formula is C32H35N2O6+. The molecule has 0 atom stereocenters. The lowest BCUT2D eigenvalue weighted by Gasteiger charge is -2.14. The van der Waals surface area contributed by atoms with Gasteiger partial charge in [-0.1, -0.05) is 6.58 Å². The van der Waals surface area contributed by atoms with Crippen molar-refractivity contribution >= 4 is 17.6 Å². The molecular weight excluding hydrogens is 508 g/mol. The van der Waals surface area contributed by atoms with Gasteiger partial charge in [0.2, 0.25) is 0 Å². The quantitative estimate of drug-likeness (QED) is 0.146. The summed E-state index contributed by atoms with van der Waals surface area (Å²) in [6.45, 7) is 10.2. The first kappa shape index (κ1) is 29.7. The number of benzene rings is 2. The fourth-order valence-corrected chi connectivity index (χ4v) is 3.60. The number of nitrogens with zero attached hydrogens (tertiary/aromatic N) is 2. The highest BCUT2D eigenvalue weighted by Crippen LogP contribution is 2.24. The van der Waals surface area contributed by atoms with Crippen LogP contribution in [0.1, 0.15) is 41.5 Å². The summed E-state index contributed by atoms with van der Waals surface area (Å²) in [4.78, 5) is 27.3. The zero-order valence-corrected chi connectivity index (χ0v) is 23.5. The van der Waals surface area contributed by atoms with Gasteiger partial charge in [-0.05, 0) is 86.5 Å². The number of allylic oxidation sites excluding steroid dienone is 3. The van der Waals surface area contributed by atoms with Gasteiger partial charge in [0.05, 0.1) is 11.1 Å². The highest BCUT2D eigenvalue weighted by molar-refractivity contribution is 5.91. The first-order valence-corrected chi connectivity index (χ1v) is 12.7. The van der Waals surface area contributed by atoms with Crippen molar-refractivity contribution in [2.24, 2.45) is 0 Å². The van der Waals surface area contributed by atoms with E-state index in [2.05, 4.69) is 6.58 Å². The second-order valence-corrected chi connectivity index (χ2v) is 9.21. The zero-order chi connectivity index (χ0) is 29.2. The number of carbonyl (C=O) groups is 2. The molecule has 3 rings (SSSR count). The molecule has 0 aliphatic carbocycles. The topological polar surface area (TPSA) is 89.2 Å². The lowest BCUT2D eigenvalue weighted by atomic mass is 10.1. The normalized spacial score (nSPS) is 11.8. The van der Waals surface area contributed by atoms with Gasteiger partial charge >= 0.3 is 11.9 Å². The molecule has 40 heavy (non-hydrogen) atoms. The Hall–Kier alpha value is -4.85. The van der Waals surface area contributed by atoms with Crippen LogP contribution in [0.3, 0.4) is 0 Å². The second-order valence-electron chi connectivity index (χ2n) is 9.21. The SMILES string of the molecule is C=C(OC(=O)c1ccc(OCC[n+]2ccc(N(C)C)cc2)cc1)/C(C)=C(C)\C(=C/C)OC(=O)c1ccc(O)cc1. The monoisotopic (exact) mass is 543 g/mol. The summed E-state index contributed by atoms with van der Waals surface area (Å²) in [6.07, 6.45) is 5.64. The Labute approximate surface area is 235 Å². The number of hydrogen-bond acceptors (Lipinski definition) is 7. The smallest absolute Gasteiger partial charge is 0.343 e. The van der Waals surface area contributed by atoms with Gasteiger partial charge in [0.15, 0.2) is 18.9 Å². The summed E-state index contributed by atoms with van der Waals surface area (Å²) in [5.74, 6) is -0.00681. The first-order chi connectivity index (χ1) is 19.1. The van der Waals surface area contributed by atoms with E-state index < -0.39 is 11.9 Å². The van der Waals surface area contributed by atoms with Gasteiger partial charge in [0.25, 0.3) is 0 Å². The molecule has 1 aromatic heterocycles. The second kappa shape index (κ2) is 13.8. The summed E-state index contributed by atoms with van der Waals surface area (Å²) in [5, 5.41) is 9.42. The third-order valence-electron chi connectivity index (χ3n) is 6.23. The number of rotatable bonds is 11. The Balaban J connectivity index is 1.54. The van der Waals surface area contributed by atoms with Gasteiger partial charge in [-0.15, -0.1) is 0 Å². The average molecular weight is 544 g/mol. The number of anilines is 1. The van der Waals surface area contributed by atoms with E-state index in [1.54, 1.807) is 51.1 Å². The Morgan fingerprint density at radius 3 is 1.98 bits per heavy atom. The fraction of sp³-hybridized carbons (Fsp3) is 0.219.